The van der Waals surface area contributed by atoms with Gasteiger partial charge in [-0.25, -0.2) is 4.79 Å². The molecule has 4 aromatic rings. The van der Waals surface area contributed by atoms with Gasteiger partial charge in [-0.15, -0.1) is 0 Å². The van der Waals surface area contributed by atoms with E-state index < -0.39 is 18.1 Å². The number of hydrogen-bond acceptors (Lipinski definition) is 5. The van der Waals surface area contributed by atoms with E-state index in [4.69, 9.17) is 14.2 Å². The lowest BCUT2D eigenvalue weighted by molar-refractivity contribution is 0.0341. The van der Waals surface area contributed by atoms with E-state index in [2.05, 4.69) is 5.32 Å². The summed E-state index contributed by atoms with van der Waals surface area (Å²) in [5.41, 5.74) is 1.72. The van der Waals surface area contributed by atoms with Crippen molar-refractivity contribution < 1.29 is 23.8 Å². The van der Waals surface area contributed by atoms with Crippen LogP contribution in [0, 0.1) is 0 Å². The normalized spacial score (nSPS) is 12.1. The van der Waals surface area contributed by atoms with Crippen LogP contribution in [0.1, 0.15) is 39.3 Å². The fourth-order valence-corrected chi connectivity index (χ4v) is 3.85. The van der Waals surface area contributed by atoms with Crippen molar-refractivity contribution in [2.75, 3.05) is 13.2 Å². The number of ether oxygens (including phenoxy) is 3. The Morgan fingerprint density at radius 3 is 1.86 bits per heavy atom. The number of rotatable bonds is 11. The van der Waals surface area contributed by atoms with Gasteiger partial charge in [0, 0.05) is 5.56 Å². The number of amides is 1. The Hall–Kier alpha value is -4.58. The first-order valence-corrected chi connectivity index (χ1v) is 12.2. The molecule has 188 valence electrons. The van der Waals surface area contributed by atoms with E-state index in [0.717, 1.165) is 5.56 Å². The molecule has 6 nitrogen and oxygen atoms in total. The fourth-order valence-electron chi connectivity index (χ4n) is 3.85. The molecule has 0 aliphatic carbocycles. The van der Waals surface area contributed by atoms with Crippen molar-refractivity contribution in [2.45, 2.75) is 19.1 Å². The van der Waals surface area contributed by atoms with Crippen molar-refractivity contribution in [3.05, 3.63) is 132 Å². The molecular weight excluding hydrogens is 466 g/mol. The van der Waals surface area contributed by atoms with Crippen LogP contribution in [0.4, 0.5) is 0 Å². The summed E-state index contributed by atoms with van der Waals surface area (Å²) < 4.78 is 17.9. The molecule has 0 fully saturated rings. The molecule has 0 saturated heterocycles. The molecule has 0 unspecified atom stereocenters. The third-order valence-electron chi connectivity index (χ3n) is 5.65. The molecule has 0 aliphatic rings. The average Bonchev–Trinajstić information content (AvgIpc) is 2.96. The predicted octanol–water partition coefficient (Wildman–Crippen LogP) is 5.86. The van der Waals surface area contributed by atoms with Crippen LogP contribution in [0.5, 0.6) is 11.5 Å². The van der Waals surface area contributed by atoms with Crippen molar-refractivity contribution in [1.29, 1.82) is 0 Å². The molecule has 2 atom stereocenters. The molecule has 6 heteroatoms. The monoisotopic (exact) mass is 495 g/mol. The number of carbonyl (C=O) groups excluding carboxylic acids is 2. The highest BCUT2D eigenvalue weighted by Crippen LogP contribution is 2.33. The second-order valence-corrected chi connectivity index (χ2v) is 8.24. The molecular formula is C31H29NO5. The molecule has 4 rings (SSSR count). The highest BCUT2D eigenvalue weighted by atomic mass is 16.5. The summed E-state index contributed by atoms with van der Waals surface area (Å²) in [5, 5.41) is 3.03. The van der Waals surface area contributed by atoms with Gasteiger partial charge in [0.1, 0.15) is 18.8 Å². The first kappa shape index (κ1) is 25.5. The number of esters is 1. The summed E-state index contributed by atoms with van der Waals surface area (Å²) in [4.78, 5) is 26.0. The van der Waals surface area contributed by atoms with Gasteiger partial charge in [0.2, 0.25) is 0 Å². The van der Waals surface area contributed by atoms with Crippen LogP contribution in [0.15, 0.2) is 115 Å². The van der Waals surface area contributed by atoms with Crippen LogP contribution in [0.3, 0.4) is 0 Å². The smallest absolute Gasteiger partial charge is 0.338 e. The lowest BCUT2D eigenvalue weighted by Crippen LogP contribution is -2.45. The Morgan fingerprint density at radius 2 is 1.24 bits per heavy atom. The third-order valence-corrected chi connectivity index (χ3v) is 5.65. The van der Waals surface area contributed by atoms with Crippen LogP contribution < -0.4 is 14.8 Å². The minimum absolute atomic E-state index is 0.108. The van der Waals surface area contributed by atoms with E-state index in [1.165, 1.54) is 0 Å². The zero-order valence-electron chi connectivity index (χ0n) is 20.6. The van der Waals surface area contributed by atoms with Gasteiger partial charge in [-0.05, 0) is 48.9 Å². The summed E-state index contributed by atoms with van der Waals surface area (Å²) >= 11 is 0. The zero-order chi connectivity index (χ0) is 25.9. The molecule has 0 saturated carbocycles. The van der Waals surface area contributed by atoms with Crippen LogP contribution in [-0.2, 0) is 4.74 Å². The van der Waals surface area contributed by atoms with E-state index >= 15 is 0 Å². The lowest BCUT2D eigenvalue weighted by Gasteiger charge is -2.29. The number of hydrogen-bond donors (Lipinski definition) is 1. The standard InChI is InChI=1S/C31H29NO5/c1-2-35-27-20-12-13-21-28(27)37-29(23-14-6-3-7-15-23)26(32-30(33)24-16-8-4-9-17-24)22-36-31(34)25-18-10-5-11-19-25/h3-21,26,29H,2,22H2,1H3,(H,32,33)/t26-,29+/m1/s1. The Morgan fingerprint density at radius 1 is 0.703 bits per heavy atom. The van der Waals surface area contributed by atoms with Crippen LogP contribution in [0.2, 0.25) is 0 Å². The van der Waals surface area contributed by atoms with Gasteiger partial charge in [0.15, 0.2) is 11.5 Å². The number of carbonyl (C=O) groups is 2. The maximum atomic E-state index is 13.2. The first-order valence-electron chi connectivity index (χ1n) is 12.2. The van der Waals surface area contributed by atoms with Gasteiger partial charge in [0.25, 0.3) is 5.91 Å². The van der Waals surface area contributed by atoms with Gasteiger partial charge in [-0.2, -0.15) is 0 Å². The van der Waals surface area contributed by atoms with Crippen molar-refractivity contribution in [2.24, 2.45) is 0 Å². The second kappa shape index (κ2) is 12.9. The van der Waals surface area contributed by atoms with E-state index in [-0.39, 0.29) is 12.5 Å². The third kappa shape index (κ3) is 6.98. The predicted molar refractivity (Wildman–Crippen MR) is 142 cm³/mol. The van der Waals surface area contributed by atoms with Crippen LogP contribution >= 0.6 is 0 Å². The van der Waals surface area contributed by atoms with E-state index in [1.54, 1.807) is 48.5 Å². The minimum atomic E-state index is -0.711. The quantitative estimate of drug-likeness (QED) is 0.264. The maximum Gasteiger partial charge on any atom is 0.338 e. The molecule has 4 aromatic carbocycles. The Labute approximate surface area is 216 Å². The SMILES string of the molecule is CCOc1ccccc1O[C@@H](c1ccccc1)[C@@H](COC(=O)c1ccccc1)NC(=O)c1ccccc1. The number of benzene rings is 4. The molecule has 0 aliphatic heterocycles. The summed E-state index contributed by atoms with van der Waals surface area (Å²) in [6, 6.07) is 33.8. The van der Waals surface area contributed by atoms with Gasteiger partial charge in [-0.1, -0.05) is 78.9 Å². The number of nitrogens with one attached hydrogen (secondary N) is 1. The number of para-hydroxylation sites is 2. The Balaban J connectivity index is 1.66. The largest absolute Gasteiger partial charge is 0.490 e. The molecule has 1 N–H and O–H groups in total. The zero-order valence-corrected chi connectivity index (χ0v) is 20.6. The average molecular weight is 496 g/mol. The van der Waals surface area contributed by atoms with Crippen LogP contribution in [-0.4, -0.2) is 31.1 Å². The van der Waals surface area contributed by atoms with Crippen molar-refractivity contribution in [1.82, 2.24) is 5.32 Å². The van der Waals surface area contributed by atoms with Gasteiger partial charge < -0.3 is 19.5 Å². The van der Waals surface area contributed by atoms with E-state index in [1.807, 2.05) is 73.7 Å². The van der Waals surface area contributed by atoms with Gasteiger partial charge in [-0.3, -0.25) is 4.79 Å². The van der Waals surface area contributed by atoms with Gasteiger partial charge >= 0.3 is 5.97 Å². The molecule has 0 heterocycles. The minimum Gasteiger partial charge on any atom is -0.490 e. The Bertz CT molecular complexity index is 1280. The molecule has 0 spiro atoms. The second-order valence-electron chi connectivity index (χ2n) is 8.24. The fraction of sp³-hybridized carbons (Fsp3) is 0.161. The molecule has 0 bridgehead atoms. The maximum absolute atomic E-state index is 13.2. The van der Waals surface area contributed by atoms with Crippen molar-refractivity contribution in [3.8, 4) is 11.5 Å². The topological polar surface area (TPSA) is 73.9 Å². The Kier molecular flexibility index (Phi) is 8.92. The molecule has 37 heavy (non-hydrogen) atoms. The van der Waals surface area contributed by atoms with Crippen LogP contribution in [0.25, 0.3) is 0 Å². The highest BCUT2D eigenvalue weighted by molar-refractivity contribution is 5.94. The molecule has 0 radical (unpaired) electrons. The first-order chi connectivity index (χ1) is 18.2. The van der Waals surface area contributed by atoms with Gasteiger partial charge in [0.05, 0.1) is 12.2 Å². The summed E-state index contributed by atoms with van der Waals surface area (Å²) in [5.74, 6) is 0.317. The summed E-state index contributed by atoms with van der Waals surface area (Å²) in [6.07, 6.45) is -0.681. The lowest BCUT2D eigenvalue weighted by atomic mass is 10.0. The molecule has 1 amide bonds. The van der Waals surface area contributed by atoms with Crippen molar-refractivity contribution >= 4 is 11.9 Å². The highest BCUT2D eigenvalue weighted by Gasteiger charge is 2.30. The summed E-state index contributed by atoms with van der Waals surface area (Å²) in [7, 11) is 0. The molecule has 0 aromatic heterocycles. The van der Waals surface area contributed by atoms with E-state index in [9.17, 15) is 9.59 Å². The van der Waals surface area contributed by atoms with E-state index in [0.29, 0.717) is 29.2 Å². The summed E-state index contributed by atoms with van der Waals surface area (Å²) in [6.45, 7) is 2.26. The van der Waals surface area contributed by atoms with Crippen molar-refractivity contribution in [3.63, 3.8) is 0 Å².